The fourth-order valence-electron chi connectivity index (χ4n) is 2.18. The highest BCUT2D eigenvalue weighted by atomic mass is 79.9. The summed E-state index contributed by atoms with van der Waals surface area (Å²) in [6.45, 7) is 2.07. The Kier molecular flexibility index (Phi) is 5.26. The molecule has 1 aromatic heterocycles. The van der Waals surface area contributed by atoms with Crippen molar-refractivity contribution in [1.82, 2.24) is 15.0 Å². The molecule has 1 fully saturated rings. The zero-order chi connectivity index (χ0) is 18.0. The maximum absolute atomic E-state index is 12.4. The van der Waals surface area contributed by atoms with Crippen LogP contribution in [0.2, 0.25) is 0 Å². The van der Waals surface area contributed by atoms with Crippen LogP contribution in [0.5, 0.6) is 0 Å². The van der Waals surface area contributed by atoms with Crippen molar-refractivity contribution in [2.24, 2.45) is 0 Å². The number of hydrogen-bond donors (Lipinski definition) is 2. The van der Waals surface area contributed by atoms with E-state index in [-0.39, 0.29) is 23.0 Å². The molecule has 1 aromatic carbocycles. The number of amides is 1. The van der Waals surface area contributed by atoms with E-state index in [4.69, 9.17) is 4.42 Å². The molecule has 1 saturated carbocycles. The molecule has 1 heterocycles. The van der Waals surface area contributed by atoms with Gasteiger partial charge in [0.2, 0.25) is 15.9 Å². The standard InChI is InChI=1S/C16H18BrN3O4S/c1-2-11-8-18-15(24-11)9-19-16(21)13-7-12(5-6-14(13)17)25(22,23)20-10-3-4-10/h5-8,10,20H,2-4,9H2,1H3,(H,19,21). The molecule has 1 aliphatic rings. The number of benzene rings is 1. The van der Waals surface area contributed by atoms with E-state index in [1.807, 2.05) is 6.92 Å². The number of hydrogen-bond acceptors (Lipinski definition) is 5. The van der Waals surface area contributed by atoms with Crippen LogP contribution in [0.15, 0.2) is 38.2 Å². The van der Waals surface area contributed by atoms with Crippen molar-refractivity contribution in [2.45, 2.75) is 43.7 Å². The van der Waals surface area contributed by atoms with Crippen molar-refractivity contribution < 1.29 is 17.6 Å². The maximum atomic E-state index is 12.4. The Morgan fingerprint density at radius 3 is 2.80 bits per heavy atom. The molecule has 0 spiro atoms. The lowest BCUT2D eigenvalue weighted by atomic mass is 10.2. The first-order chi connectivity index (χ1) is 11.9. The van der Waals surface area contributed by atoms with Crippen molar-refractivity contribution in [2.75, 3.05) is 0 Å². The average Bonchev–Trinajstić information content (AvgIpc) is 3.25. The Hall–Kier alpha value is -1.71. The predicted octanol–water partition coefficient (Wildman–Crippen LogP) is 2.37. The van der Waals surface area contributed by atoms with Crippen LogP contribution >= 0.6 is 15.9 Å². The van der Waals surface area contributed by atoms with E-state index in [2.05, 4.69) is 31.0 Å². The second-order valence-corrected chi connectivity index (χ2v) is 8.36. The lowest BCUT2D eigenvalue weighted by molar-refractivity contribution is 0.0946. The van der Waals surface area contributed by atoms with Gasteiger partial charge in [0, 0.05) is 16.9 Å². The van der Waals surface area contributed by atoms with Crippen LogP contribution in [0.3, 0.4) is 0 Å². The second-order valence-electron chi connectivity index (χ2n) is 5.79. The van der Waals surface area contributed by atoms with Gasteiger partial charge in [-0.1, -0.05) is 6.92 Å². The van der Waals surface area contributed by atoms with E-state index in [0.717, 1.165) is 25.0 Å². The van der Waals surface area contributed by atoms with Crippen LogP contribution in [0.1, 0.15) is 41.8 Å². The Labute approximate surface area is 154 Å². The number of aromatic nitrogens is 1. The molecule has 0 saturated heterocycles. The third-order valence-electron chi connectivity index (χ3n) is 3.74. The van der Waals surface area contributed by atoms with Gasteiger partial charge in [-0.15, -0.1) is 0 Å². The van der Waals surface area contributed by atoms with Crippen molar-refractivity contribution in [3.05, 3.63) is 46.1 Å². The molecule has 3 rings (SSSR count). The summed E-state index contributed by atoms with van der Waals surface area (Å²) >= 11 is 3.29. The highest BCUT2D eigenvalue weighted by Crippen LogP contribution is 2.25. The van der Waals surface area contributed by atoms with Gasteiger partial charge in [0.1, 0.15) is 5.76 Å². The molecule has 2 N–H and O–H groups in total. The Morgan fingerprint density at radius 1 is 1.40 bits per heavy atom. The summed E-state index contributed by atoms with van der Waals surface area (Å²) < 4.78 is 33.1. The molecule has 25 heavy (non-hydrogen) atoms. The van der Waals surface area contributed by atoms with Gasteiger partial charge in [0.25, 0.3) is 5.91 Å². The number of nitrogens with one attached hydrogen (secondary N) is 2. The molecule has 0 bridgehead atoms. The molecule has 1 aliphatic carbocycles. The van der Waals surface area contributed by atoms with E-state index < -0.39 is 15.9 Å². The van der Waals surface area contributed by atoms with E-state index in [9.17, 15) is 13.2 Å². The minimum Gasteiger partial charge on any atom is -0.444 e. The van der Waals surface area contributed by atoms with E-state index in [1.54, 1.807) is 12.3 Å². The Morgan fingerprint density at radius 2 is 2.16 bits per heavy atom. The van der Waals surface area contributed by atoms with E-state index >= 15 is 0 Å². The van der Waals surface area contributed by atoms with Crippen LogP contribution in [0.4, 0.5) is 0 Å². The average molecular weight is 428 g/mol. The highest BCUT2D eigenvalue weighted by molar-refractivity contribution is 9.10. The molecule has 2 aromatic rings. The molecule has 1 amide bonds. The van der Waals surface area contributed by atoms with Crippen molar-refractivity contribution >= 4 is 31.9 Å². The first kappa shape index (κ1) is 18.1. The van der Waals surface area contributed by atoms with Crippen LogP contribution < -0.4 is 10.0 Å². The summed E-state index contributed by atoms with van der Waals surface area (Å²) in [5, 5.41) is 2.68. The normalized spacial score (nSPS) is 14.5. The summed E-state index contributed by atoms with van der Waals surface area (Å²) in [7, 11) is -3.62. The topological polar surface area (TPSA) is 101 Å². The smallest absolute Gasteiger partial charge is 0.252 e. The van der Waals surface area contributed by atoms with Gasteiger partial charge < -0.3 is 9.73 Å². The van der Waals surface area contributed by atoms with Crippen LogP contribution in [-0.2, 0) is 23.0 Å². The predicted molar refractivity (Wildman–Crippen MR) is 94.5 cm³/mol. The van der Waals surface area contributed by atoms with Gasteiger partial charge in [-0.25, -0.2) is 18.1 Å². The van der Waals surface area contributed by atoms with Crippen LogP contribution in [-0.4, -0.2) is 25.4 Å². The number of rotatable bonds is 7. The minimum atomic E-state index is -3.62. The largest absolute Gasteiger partial charge is 0.444 e. The summed E-state index contributed by atoms with van der Waals surface area (Å²) in [4.78, 5) is 16.5. The van der Waals surface area contributed by atoms with E-state index in [1.165, 1.54) is 12.1 Å². The van der Waals surface area contributed by atoms with Gasteiger partial charge in [0.05, 0.1) is 23.2 Å². The number of sulfonamides is 1. The summed E-state index contributed by atoms with van der Waals surface area (Å²) in [5.74, 6) is 0.733. The van der Waals surface area contributed by atoms with Crippen molar-refractivity contribution in [3.63, 3.8) is 0 Å². The Balaban J connectivity index is 1.73. The molecular weight excluding hydrogens is 410 g/mol. The quantitative estimate of drug-likeness (QED) is 0.705. The van der Waals surface area contributed by atoms with E-state index in [0.29, 0.717) is 10.4 Å². The molecule has 0 radical (unpaired) electrons. The minimum absolute atomic E-state index is 0.00344. The second kappa shape index (κ2) is 7.27. The van der Waals surface area contributed by atoms with Crippen LogP contribution in [0.25, 0.3) is 0 Å². The number of carbonyl (C=O) groups excluding carboxylic acids is 1. The zero-order valence-electron chi connectivity index (χ0n) is 13.6. The lowest BCUT2D eigenvalue weighted by Crippen LogP contribution is -2.27. The number of oxazole rings is 1. The number of nitrogens with zero attached hydrogens (tertiary/aromatic N) is 1. The fraction of sp³-hybridized carbons (Fsp3) is 0.375. The van der Waals surface area contributed by atoms with Gasteiger partial charge in [-0.3, -0.25) is 4.79 Å². The van der Waals surface area contributed by atoms with Crippen molar-refractivity contribution in [1.29, 1.82) is 0 Å². The Bertz CT molecular complexity index is 891. The first-order valence-electron chi connectivity index (χ1n) is 7.92. The molecule has 0 unspecified atom stereocenters. The number of halogens is 1. The van der Waals surface area contributed by atoms with Gasteiger partial charge in [-0.2, -0.15) is 0 Å². The molecular formula is C16H18BrN3O4S. The third-order valence-corrected chi connectivity index (χ3v) is 5.95. The third kappa shape index (κ3) is 4.47. The summed E-state index contributed by atoms with van der Waals surface area (Å²) in [5.41, 5.74) is 0.237. The van der Waals surface area contributed by atoms with Crippen LogP contribution in [0, 0.1) is 0 Å². The van der Waals surface area contributed by atoms with Crippen molar-refractivity contribution in [3.8, 4) is 0 Å². The number of carbonyl (C=O) groups is 1. The molecule has 0 atom stereocenters. The van der Waals surface area contributed by atoms with Gasteiger partial charge in [-0.05, 0) is 47.0 Å². The highest BCUT2D eigenvalue weighted by Gasteiger charge is 2.28. The SMILES string of the molecule is CCc1cnc(CNC(=O)c2cc(S(=O)(=O)NC3CC3)ccc2Br)o1. The van der Waals surface area contributed by atoms with Gasteiger partial charge >= 0.3 is 0 Å². The summed E-state index contributed by atoms with van der Waals surface area (Å²) in [6.07, 6.45) is 4.03. The fourth-order valence-corrected chi connectivity index (χ4v) is 3.94. The van der Waals surface area contributed by atoms with Gasteiger partial charge in [0.15, 0.2) is 0 Å². The molecule has 9 heteroatoms. The first-order valence-corrected chi connectivity index (χ1v) is 10.2. The lowest BCUT2D eigenvalue weighted by Gasteiger charge is -2.09. The zero-order valence-corrected chi connectivity index (χ0v) is 16.0. The molecule has 0 aliphatic heterocycles. The molecule has 7 nitrogen and oxygen atoms in total. The molecule has 134 valence electrons. The number of aryl methyl sites for hydroxylation is 1. The monoisotopic (exact) mass is 427 g/mol. The summed E-state index contributed by atoms with van der Waals surface area (Å²) in [6, 6.07) is 4.38. The maximum Gasteiger partial charge on any atom is 0.252 e.